The molecule has 2 heterocycles. The monoisotopic (exact) mass is 349 g/mol. The minimum absolute atomic E-state index is 0.0314. The summed E-state index contributed by atoms with van der Waals surface area (Å²) in [6, 6.07) is 17.0. The average Bonchev–Trinajstić information content (AvgIpc) is 3.17. The molecule has 0 bridgehead atoms. The van der Waals surface area contributed by atoms with Crippen LogP contribution in [-0.4, -0.2) is 14.7 Å². The van der Waals surface area contributed by atoms with E-state index in [1.165, 1.54) is 40.3 Å². The van der Waals surface area contributed by atoms with Crippen molar-refractivity contribution in [3.8, 4) is 16.3 Å². The Kier molecular flexibility index (Phi) is 3.62. The van der Waals surface area contributed by atoms with Crippen LogP contribution in [0, 0.1) is 10.1 Å². The maximum absolute atomic E-state index is 12.8. The fourth-order valence-corrected chi connectivity index (χ4v) is 3.40. The van der Waals surface area contributed by atoms with Crippen LogP contribution in [0.3, 0.4) is 0 Å². The van der Waals surface area contributed by atoms with Crippen molar-refractivity contribution in [2.45, 2.75) is 0 Å². The predicted octanol–water partition coefficient (Wildman–Crippen LogP) is 4.02. The highest BCUT2D eigenvalue weighted by Gasteiger charge is 2.14. The number of rotatable bonds is 3. The van der Waals surface area contributed by atoms with E-state index in [2.05, 4.69) is 5.10 Å². The third-order valence-corrected chi connectivity index (χ3v) is 4.74. The normalized spacial score (nSPS) is 10.9. The van der Waals surface area contributed by atoms with Crippen LogP contribution >= 0.6 is 11.3 Å². The molecule has 0 fully saturated rings. The zero-order valence-corrected chi connectivity index (χ0v) is 13.6. The Bertz CT molecular complexity index is 1130. The van der Waals surface area contributed by atoms with E-state index in [0.29, 0.717) is 16.8 Å². The van der Waals surface area contributed by atoms with Gasteiger partial charge in [0.1, 0.15) is 5.69 Å². The lowest BCUT2D eigenvalue weighted by atomic mass is 10.1. The summed E-state index contributed by atoms with van der Waals surface area (Å²) >= 11 is 1.54. The molecule has 0 N–H and O–H groups in total. The number of nitrogens with zero attached hydrogens (tertiary/aromatic N) is 3. The molecule has 122 valence electrons. The van der Waals surface area contributed by atoms with Gasteiger partial charge in [-0.1, -0.05) is 24.3 Å². The minimum atomic E-state index is -0.475. The van der Waals surface area contributed by atoms with E-state index < -0.39 is 4.92 Å². The number of hydrogen-bond donors (Lipinski definition) is 0. The second kappa shape index (κ2) is 5.95. The van der Waals surface area contributed by atoms with Gasteiger partial charge in [-0.2, -0.15) is 9.78 Å². The standard InChI is InChI=1S/C18H11N3O3S/c22-18-15-5-2-1-4-14(15)17(16-6-3-11-25-16)19-20(18)12-7-9-13(10-8-12)21(23)24/h1-11H. The van der Waals surface area contributed by atoms with Gasteiger partial charge in [-0.25, -0.2) is 0 Å². The molecule has 0 aliphatic rings. The maximum Gasteiger partial charge on any atom is 0.279 e. The van der Waals surface area contributed by atoms with Crippen LogP contribution in [0.4, 0.5) is 5.69 Å². The lowest BCUT2D eigenvalue weighted by molar-refractivity contribution is -0.384. The second-order valence-corrected chi connectivity index (χ2v) is 6.31. The Labute approximate surface area is 145 Å². The number of fused-ring (bicyclic) bond motifs is 1. The third kappa shape index (κ3) is 2.60. The number of thiophene rings is 1. The van der Waals surface area contributed by atoms with Gasteiger partial charge in [-0.15, -0.1) is 11.3 Å². The predicted molar refractivity (Wildman–Crippen MR) is 97.3 cm³/mol. The van der Waals surface area contributed by atoms with Crippen LogP contribution in [0.15, 0.2) is 70.8 Å². The van der Waals surface area contributed by atoms with E-state index in [9.17, 15) is 14.9 Å². The molecule has 25 heavy (non-hydrogen) atoms. The average molecular weight is 349 g/mol. The van der Waals surface area contributed by atoms with Crippen molar-refractivity contribution in [2.24, 2.45) is 0 Å². The number of hydrogen-bond acceptors (Lipinski definition) is 5. The van der Waals surface area contributed by atoms with Gasteiger partial charge in [0.2, 0.25) is 0 Å². The molecule has 0 aliphatic heterocycles. The highest BCUT2D eigenvalue weighted by Crippen LogP contribution is 2.28. The van der Waals surface area contributed by atoms with Crippen molar-refractivity contribution in [3.63, 3.8) is 0 Å². The summed E-state index contributed by atoms with van der Waals surface area (Å²) in [6.45, 7) is 0. The topological polar surface area (TPSA) is 78.0 Å². The Balaban J connectivity index is 2.00. The van der Waals surface area contributed by atoms with Crippen molar-refractivity contribution < 1.29 is 4.92 Å². The van der Waals surface area contributed by atoms with Gasteiger partial charge in [0, 0.05) is 17.5 Å². The maximum atomic E-state index is 12.8. The minimum Gasteiger partial charge on any atom is -0.267 e. The zero-order chi connectivity index (χ0) is 17.4. The second-order valence-electron chi connectivity index (χ2n) is 5.36. The zero-order valence-electron chi connectivity index (χ0n) is 12.8. The summed E-state index contributed by atoms with van der Waals surface area (Å²) in [4.78, 5) is 24.1. The molecule has 2 aromatic carbocycles. The summed E-state index contributed by atoms with van der Waals surface area (Å²) in [6.07, 6.45) is 0. The van der Waals surface area contributed by atoms with Gasteiger partial charge in [0.25, 0.3) is 11.2 Å². The highest BCUT2D eigenvalue weighted by atomic mass is 32.1. The summed E-state index contributed by atoms with van der Waals surface area (Å²) < 4.78 is 1.29. The summed E-state index contributed by atoms with van der Waals surface area (Å²) in [7, 11) is 0. The molecule has 4 rings (SSSR count). The lowest BCUT2D eigenvalue weighted by Crippen LogP contribution is -2.22. The largest absolute Gasteiger partial charge is 0.279 e. The van der Waals surface area contributed by atoms with Gasteiger partial charge < -0.3 is 0 Å². The van der Waals surface area contributed by atoms with Gasteiger partial charge in [0.15, 0.2) is 0 Å². The van der Waals surface area contributed by atoms with Crippen LogP contribution < -0.4 is 5.56 Å². The molecule has 0 aliphatic carbocycles. The van der Waals surface area contributed by atoms with Crippen LogP contribution in [0.25, 0.3) is 27.0 Å². The first-order valence-electron chi connectivity index (χ1n) is 7.46. The molecule has 0 atom stereocenters. The SMILES string of the molecule is O=c1c2ccccc2c(-c2cccs2)nn1-c1ccc([N+](=O)[O-])cc1. The van der Waals surface area contributed by atoms with Gasteiger partial charge >= 0.3 is 0 Å². The van der Waals surface area contributed by atoms with E-state index >= 15 is 0 Å². The Morgan fingerprint density at radius 2 is 1.68 bits per heavy atom. The molecule has 0 saturated carbocycles. The Morgan fingerprint density at radius 1 is 0.960 bits per heavy atom. The van der Waals surface area contributed by atoms with Crippen molar-refractivity contribution in [2.75, 3.05) is 0 Å². The van der Waals surface area contributed by atoms with Gasteiger partial charge in [0.05, 0.1) is 20.9 Å². The summed E-state index contributed by atoms with van der Waals surface area (Å²) in [5.74, 6) is 0. The molecule has 7 heteroatoms. The molecule has 0 amide bonds. The van der Waals surface area contributed by atoms with Crippen LogP contribution in [0.5, 0.6) is 0 Å². The van der Waals surface area contributed by atoms with Crippen molar-refractivity contribution in [1.82, 2.24) is 9.78 Å². The quantitative estimate of drug-likeness (QED) is 0.413. The van der Waals surface area contributed by atoms with E-state index in [1.54, 1.807) is 6.07 Å². The molecule has 0 radical (unpaired) electrons. The van der Waals surface area contributed by atoms with Crippen molar-refractivity contribution >= 4 is 27.8 Å². The molecule has 0 spiro atoms. The lowest BCUT2D eigenvalue weighted by Gasteiger charge is -2.10. The van der Waals surface area contributed by atoms with Crippen LogP contribution in [0.1, 0.15) is 0 Å². The van der Waals surface area contributed by atoms with Crippen molar-refractivity contribution in [1.29, 1.82) is 0 Å². The number of non-ortho nitro benzene ring substituents is 1. The number of nitro groups is 1. The van der Waals surface area contributed by atoms with Crippen molar-refractivity contribution in [3.05, 3.63) is 86.5 Å². The molecule has 4 aromatic rings. The van der Waals surface area contributed by atoms with Crippen LogP contribution in [0.2, 0.25) is 0 Å². The fourth-order valence-electron chi connectivity index (χ4n) is 2.68. The van der Waals surface area contributed by atoms with E-state index in [0.717, 1.165) is 10.3 Å². The summed E-state index contributed by atoms with van der Waals surface area (Å²) in [5.41, 5.74) is 0.906. The Morgan fingerprint density at radius 3 is 2.32 bits per heavy atom. The number of benzene rings is 2. The fraction of sp³-hybridized carbons (Fsp3) is 0. The molecular formula is C18H11N3O3S. The first kappa shape index (κ1) is 15.2. The first-order chi connectivity index (χ1) is 12.1. The molecule has 0 saturated heterocycles. The first-order valence-corrected chi connectivity index (χ1v) is 8.34. The smallest absolute Gasteiger partial charge is 0.267 e. The van der Waals surface area contributed by atoms with Gasteiger partial charge in [-0.05, 0) is 29.6 Å². The van der Waals surface area contributed by atoms with Crippen LogP contribution in [-0.2, 0) is 0 Å². The van der Waals surface area contributed by atoms with E-state index in [-0.39, 0.29) is 11.2 Å². The van der Waals surface area contributed by atoms with E-state index in [4.69, 9.17) is 0 Å². The number of aromatic nitrogens is 2. The van der Waals surface area contributed by atoms with E-state index in [1.807, 2.05) is 35.7 Å². The molecule has 6 nitrogen and oxygen atoms in total. The summed E-state index contributed by atoms with van der Waals surface area (Å²) in [5, 5.41) is 18.6. The molecular weight excluding hydrogens is 338 g/mol. The Hall–Kier alpha value is -3.32. The van der Waals surface area contributed by atoms with Gasteiger partial charge in [-0.3, -0.25) is 14.9 Å². The highest BCUT2D eigenvalue weighted by molar-refractivity contribution is 7.13. The molecule has 0 unspecified atom stereocenters. The molecule has 2 aromatic heterocycles. The number of nitro benzene ring substituents is 1. The third-order valence-electron chi connectivity index (χ3n) is 3.86.